The van der Waals surface area contributed by atoms with E-state index in [1.54, 1.807) is 21.0 Å². The third-order valence-electron chi connectivity index (χ3n) is 9.04. The maximum atomic E-state index is 15.9. The number of aliphatic carboxylic acids is 1. The van der Waals surface area contributed by atoms with Crippen molar-refractivity contribution in [1.82, 2.24) is 9.47 Å². The number of carbonyl (C=O) groups is 1. The Bertz CT molecular complexity index is 1680. The zero-order valence-corrected chi connectivity index (χ0v) is 28.3. The number of ether oxygens (including phenoxy) is 1. The molecular formula is C35H41ClF5N3O4. The first-order valence-corrected chi connectivity index (χ1v) is 16.1. The molecule has 0 aliphatic carbocycles. The monoisotopic (exact) mass is 697 g/mol. The first-order chi connectivity index (χ1) is 22.4. The van der Waals surface area contributed by atoms with Crippen LogP contribution in [0, 0.1) is 31.4 Å². The Morgan fingerprint density at radius 1 is 1.10 bits per heavy atom. The van der Waals surface area contributed by atoms with E-state index in [-0.39, 0.29) is 41.0 Å². The SMILES string of the molecule is COC1CN(CCc2cn(C(CC(C)C)C(N)[C@@H](CC(=O)O)c3cc(-c4c(C)cc(F)cc4C)cc(Cl)c3F)c(=O)cc2C(F)(F)F)C1. The molecule has 4 rings (SSSR count). The summed E-state index contributed by atoms with van der Waals surface area (Å²) < 4.78 is 78.8. The van der Waals surface area contributed by atoms with E-state index in [2.05, 4.69) is 0 Å². The van der Waals surface area contributed by atoms with Gasteiger partial charge in [0.25, 0.3) is 5.56 Å². The second-order valence-corrected chi connectivity index (χ2v) is 13.5. The van der Waals surface area contributed by atoms with Crippen LogP contribution in [0.1, 0.15) is 66.5 Å². The summed E-state index contributed by atoms with van der Waals surface area (Å²) in [5, 5.41) is 9.63. The molecule has 0 bridgehead atoms. The van der Waals surface area contributed by atoms with Crippen LogP contribution in [-0.2, 0) is 22.1 Å². The fourth-order valence-electron chi connectivity index (χ4n) is 6.69. The lowest BCUT2D eigenvalue weighted by Crippen LogP contribution is -2.52. The molecular weight excluding hydrogens is 657 g/mol. The molecule has 2 heterocycles. The van der Waals surface area contributed by atoms with Gasteiger partial charge in [0.05, 0.1) is 29.2 Å². The van der Waals surface area contributed by atoms with Gasteiger partial charge in [0.2, 0.25) is 0 Å². The Hall–Kier alpha value is -3.32. The van der Waals surface area contributed by atoms with Crippen LogP contribution in [0.5, 0.6) is 0 Å². The molecule has 1 fully saturated rings. The van der Waals surface area contributed by atoms with Gasteiger partial charge in [-0.3, -0.25) is 14.5 Å². The number of methoxy groups -OCH3 is 1. The predicted octanol–water partition coefficient (Wildman–Crippen LogP) is 7.13. The van der Waals surface area contributed by atoms with Gasteiger partial charge >= 0.3 is 12.1 Å². The molecule has 13 heteroatoms. The summed E-state index contributed by atoms with van der Waals surface area (Å²) in [6, 6.07) is 3.70. The van der Waals surface area contributed by atoms with Crippen LogP contribution in [0.25, 0.3) is 11.1 Å². The minimum Gasteiger partial charge on any atom is -0.481 e. The molecule has 262 valence electrons. The van der Waals surface area contributed by atoms with Crippen molar-refractivity contribution in [1.29, 1.82) is 0 Å². The number of halogens is 6. The third kappa shape index (κ3) is 8.45. The molecule has 3 atom stereocenters. The molecule has 7 nitrogen and oxygen atoms in total. The maximum Gasteiger partial charge on any atom is 0.416 e. The van der Waals surface area contributed by atoms with E-state index in [0.29, 0.717) is 48.0 Å². The van der Waals surface area contributed by atoms with Gasteiger partial charge in [-0.05, 0) is 90.3 Å². The molecule has 2 aromatic carbocycles. The van der Waals surface area contributed by atoms with Crippen LogP contribution < -0.4 is 11.3 Å². The number of alkyl halides is 3. The average molecular weight is 698 g/mol. The molecule has 0 spiro atoms. The number of carboxylic acid groups (broad SMARTS) is 1. The largest absolute Gasteiger partial charge is 0.481 e. The number of hydrogen-bond donors (Lipinski definition) is 2. The Labute approximate surface area is 281 Å². The first-order valence-electron chi connectivity index (χ1n) is 15.7. The van der Waals surface area contributed by atoms with E-state index >= 15 is 4.39 Å². The smallest absolute Gasteiger partial charge is 0.416 e. The van der Waals surface area contributed by atoms with E-state index in [4.69, 9.17) is 22.1 Å². The van der Waals surface area contributed by atoms with Crippen LogP contribution in [0.4, 0.5) is 22.0 Å². The van der Waals surface area contributed by atoms with Gasteiger partial charge in [-0.2, -0.15) is 13.2 Å². The first kappa shape index (κ1) is 37.5. The number of nitrogens with two attached hydrogens (primary N) is 1. The van der Waals surface area contributed by atoms with Crippen molar-refractivity contribution in [2.24, 2.45) is 11.7 Å². The van der Waals surface area contributed by atoms with Gasteiger partial charge in [0, 0.05) is 51.0 Å². The number of benzene rings is 2. The number of aryl methyl sites for hydroxylation is 2. The second-order valence-electron chi connectivity index (χ2n) is 13.1. The lowest BCUT2D eigenvalue weighted by molar-refractivity contribution is -0.139. The Morgan fingerprint density at radius 2 is 1.73 bits per heavy atom. The molecule has 3 aromatic rings. The van der Waals surface area contributed by atoms with E-state index in [1.807, 2.05) is 18.7 Å². The summed E-state index contributed by atoms with van der Waals surface area (Å²) in [6.45, 7) is 8.44. The summed E-state index contributed by atoms with van der Waals surface area (Å²) in [6.07, 6.45) is -4.13. The number of hydrogen-bond acceptors (Lipinski definition) is 5. The summed E-state index contributed by atoms with van der Waals surface area (Å²) in [4.78, 5) is 27.6. The zero-order chi connectivity index (χ0) is 35.7. The molecule has 3 N–H and O–H groups in total. The van der Waals surface area contributed by atoms with Crippen LogP contribution >= 0.6 is 11.6 Å². The van der Waals surface area contributed by atoms with Crippen molar-refractivity contribution < 1.29 is 36.6 Å². The fraction of sp³-hybridized carbons (Fsp3) is 0.486. The number of pyridine rings is 1. The van der Waals surface area contributed by atoms with E-state index in [9.17, 15) is 32.3 Å². The molecule has 1 aromatic heterocycles. The molecule has 1 aliphatic heterocycles. The Morgan fingerprint density at radius 3 is 2.27 bits per heavy atom. The molecule has 2 unspecified atom stereocenters. The van der Waals surface area contributed by atoms with Crippen molar-refractivity contribution in [3.63, 3.8) is 0 Å². The number of aromatic nitrogens is 1. The highest BCUT2D eigenvalue weighted by Crippen LogP contribution is 2.40. The van der Waals surface area contributed by atoms with Crippen molar-refractivity contribution in [3.8, 4) is 11.1 Å². The average Bonchev–Trinajstić information content (AvgIpc) is 2.94. The summed E-state index contributed by atoms with van der Waals surface area (Å²) >= 11 is 6.36. The van der Waals surface area contributed by atoms with Gasteiger partial charge in [0.15, 0.2) is 0 Å². The van der Waals surface area contributed by atoms with E-state index in [1.165, 1.54) is 24.3 Å². The summed E-state index contributed by atoms with van der Waals surface area (Å²) in [7, 11) is 1.57. The second kappa shape index (κ2) is 15.1. The number of likely N-dealkylation sites (tertiary alicyclic amines) is 1. The highest BCUT2D eigenvalue weighted by atomic mass is 35.5. The highest BCUT2D eigenvalue weighted by Gasteiger charge is 2.38. The lowest BCUT2D eigenvalue weighted by Gasteiger charge is -2.38. The zero-order valence-electron chi connectivity index (χ0n) is 27.5. The maximum absolute atomic E-state index is 15.9. The van der Waals surface area contributed by atoms with Crippen LogP contribution in [0.15, 0.2) is 41.3 Å². The van der Waals surface area contributed by atoms with Crippen molar-refractivity contribution in [3.05, 3.63) is 91.4 Å². The van der Waals surface area contributed by atoms with Crippen LogP contribution in [0.3, 0.4) is 0 Å². The number of carboxylic acids is 1. The Balaban J connectivity index is 1.84. The van der Waals surface area contributed by atoms with Gasteiger partial charge in [-0.1, -0.05) is 25.4 Å². The third-order valence-corrected chi connectivity index (χ3v) is 9.31. The minimum atomic E-state index is -4.80. The molecule has 1 saturated heterocycles. The van der Waals surface area contributed by atoms with Gasteiger partial charge < -0.3 is 20.1 Å². The van der Waals surface area contributed by atoms with Crippen LogP contribution in [-0.4, -0.2) is 59.4 Å². The van der Waals surface area contributed by atoms with Crippen molar-refractivity contribution in [2.75, 3.05) is 26.7 Å². The molecule has 0 amide bonds. The normalized spacial score (nSPS) is 16.2. The topological polar surface area (TPSA) is 97.8 Å². The summed E-state index contributed by atoms with van der Waals surface area (Å²) in [5.74, 6) is -4.07. The summed E-state index contributed by atoms with van der Waals surface area (Å²) in [5.41, 5.74) is 6.61. The predicted molar refractivity (Wildman–Crippen MR) is 174 cm³/mol. The molecule has 0 radical (unpaired) electrons. The number of rotatable bonds is 13. The Kier molecular flexibility index (Phi) is 11.8. The van der Waals surface area contributed by atoms with Gasteiger partial charge in [-0.15, -0.1) is 0 Å². The molecule has 1 aliphatic rings. The standard InChI is InChI=1S/C35H41ClF5N3O4/c1-18(2)8-29(44-15-21(6-7-43-16-24(17-43)48-5)27(14-30(44)45)35(39,40)41)34(42)26(13-31(46)47)25-11-22(12-28(36)33(25)38)32-19(3)9-23(37)10-20(32)4/h9-12,14-15,18,24,26,29,34H,6-8,13,16-17,42H2,1-5H3,(H,46,47)/t26-,29?,34?/m0/s1. The van der Waals surface area contributed by atoms with E-state index in [0.717, 1.165) is 10.8 Å². The minimum absolute atomic E-state index is 0.00363. The molecule has 0 saturated carbocycles. The fourth-order valence-corrected chi connectivity index (χ4v) is 6.91. The number of nitrogens with zero attached hydrogens (tertiary/aromatic N) is 2. The van der Waals surface area contributed by atoms with Crippen LogP contribution in [0.2, 0.25) is 5.02 Å². The van der Waals surface area contributed by atoms with Crippen molar-refractivity contribution in [2.45, 2.75) is 77.2 Å². The van der Waals surface area contributed by atoms with Crippen molar-refractivity contribution >= 4 is 17.6 Å². The van der Waals surface area contributed by atoms with Gasteiger partial charge in [0.1, 0.15) is 11.6 Å². The highest BCUT2D eigenvalue weighted by molar-refractivity contribution is 6.31. The molecule has 48 heavy (non-hydrogen) atoms. The quantitative estimate of drug-likeness (QED) is 0.185. The lowest BCUT2D eigenvalue weighted by atomic mass is 9.80. The van der Waals surface area contributed by atoms with E-state index < -0.39 is 59.3 Å². The van der Waals surface area contributed by atoms with Gasteiger partial charge in [-0.25, -0.2) is 8.78 Å².